The summed E-state index contributed by atoms with van der Waals surface area (Å²) in [6.07, 6.45) is 7.26. The van der Waals surface area contributed by atoms with Crippen molar-refractivity contribution in [2.75, 3.05) is 6.54 Å². The van der Waals surface area contributed by atoms with Gasteiger partial charge in [0.1, 0.15) is 0 Å². The lowest BCUT2D eigenvalue weighted by molar-refractivity contribution is 0.253. The lowest BCUT2D eigenvalue weighted by Gasteiger charge is -2.06. The molecule has 0 spiro atoms. The average Bonchev–Trinajstić information content (AvgIpc) is 2.15. The predicted molar refractivity (Wildman–Crippen MR) is 61.8 cm³/mol. The van der Waals surface area contributed by atoms with Crippen LogP contribution in [-0.4, -0.2) is 18.5 Å². The first kappa shape index (κ1) is 13.7. The number of nitrogens with one attached hydrogen (secondary N) is 3. The minimum Gasteiger partial charge on any atom is -0.356 e. The maximum absolute atomic E-state index is 10.3. The van der Waals surface area contributed by atoms with Gasteiger partial charge in [0, 0.05) is 6.54 Å². The maximum atomic E-state index is 10.3. The minimum absolute atomic E-state index is 0.0175. The number of nitrogens with two attached hydrogens (primary N) is 1. The second-order valence-electron chi connectivity index (χ2n) is 3.56. The summed E-state index contributed by atoms with van der Waals surface area (Å²) < 4.78 is 0. The number of carbonyl (C=O) groups excluding carboxylic acids is 1. The van der Waals surface area contributed by atoms with Crippen molar-refractivity contribution in [3.63, 3.8) is 0 Å². The lowest BCUT2D eigenvalue weighted by Crippen LogP contribution is -2.43. The molecule has 0 aliphatic carbocycles. The summed E-state index contributed by atoms with van der Waals surface area (Å²) in [4.78, 5) is 10.3. The van der Waals surface area contributed by atoms with E-state index < -0.39 is 6.03 Å². The molecule has 0 atom stereocenters. The predicted octanol–water partition coefficient (Wildman–Crippen LogP) is 1.54. The molecule has 0 saturated carbocycles. The summed E-state index contributed by atoms with van der Waals surface area (Å²) in [6, 6.07) is -0.699. The van der Waals surface area contributed by atoms with E-state index in [1.807, 2.05) is 0 Å². The zero-order chi connectivity index (χ0) is 11.5. The Labute approximate surface area is 91.3 Å². The molecule has 0 unspecified atom stereocenters. The molecule has 5 heteroatoms. The van der Waals surface area contributed by atoms with Gasteiger partial charge in [-0.25, -0.2) is 4.79 Å². The highest BCUT2D eigenvalue weighted by atomic mass is 16.2. The van der Waals surface area contributed by atoms with E-state index in [1.54, 1.807) is 0 Å². The van der Waals surface area contributed by atoms with Crippen LogP contribution in [0.2, 0.25) is 0 Å². The zero-order valence-electron chi connectivity index (χ0n) is 9.44. The number of hydrogen-bond acceptors (Lipinski definition) is 2. The molecular formula is C10H22N4O. The molecule has 88 valence electrons. The van der Waals surface area contributed by atoms with Crippen molar-refractivity contribution >= 4 is 12.0 Å². The van der Waals surface area contributed by atoms with Gasteiger partial charge in [-0.2, -0.15) is 0 Å². The summed E-state index contributed by atoms with van der Waals surface area (Å²) >= 11 is 0. The SMILES string of the molecule is CCCCCCCCNC(=N)NC(N)=O. The third kappa shape index (κ3) is 10.7. The van der Waals surface area contributed by atoms with Gasteiger partial charge >= 0.3 is 6.03 Å². The van der Waals surface area contributed by atoms with Gasteiger partial charge < -0.3 is 11.1 Å². The highest BCUT2D eigenvalue weighted by Gasteiger charge is 1.97. The summed E-state index contributed by atoms with van der Waals surface area (Å²) in [7, 11) is 0. The van der Waals surface area contributed by atoms with E-state index in [-0.39, 0.29) is 5.96 Å². The number of primary amides is 1. The van der Waals surface area contributed by atoms with E-state index in [0.29, 0.717) is 6.54 Å². The number of unbranched alkanes of at least 4 members (excludes halogenated alkanes) is 5. The van der Waals surface area contributed by atoms with Crippen LogP contribution in [0.1, 0.15) is 45.4 Å². The van der Waals surface area contributed by atoms with Crippen LogP contribution in [0.4, 0.5) is 4.79 Å². The smallest absolute Gasteiger partial charge is 0.318 e. The van der Waals surface area contributed by atoms with Gasteiger partial charge in [-0.05, 0) is 6.42 Å². The molecular weight excluding hydrogens is 192 g/mol. The molecule has 5 N–H and O–H groups in total. The first-order valence-electron chi connectivity index (χ1n) is 5.55. The summed E-state index contributed by atoms with van der Waals surface area (Å²) in [5.74, 6) is -0.0175. The Balaban J connectivity index is 3.16. The van der Waals surface area contributed by atoms with E-state index >= 15 is 0 Å². The van der Waals surface area contributed by atoms with Crippen LogP contribution < -0.4 is 16.4 Å². The third-order valence-corrected chi connectivity index (χ3v) is 2.08. The van der Waals surface area contributed by atoms with Crippen LogP contribution >= 0.6 is 0 Å². The first-order chi connectivity index (χ1) is 7.16. The molecule has 0 saturated heterocycles. The average molecular weight is 214 g/mol. The van der Waals surface area contributed by atoms with E-state index in [9.17, 15) is 4.79 Å². The Kier molecular flexibility index (Phi) is 8.52. The van der Waals surface area contributed by atoms with E-state index in [1.165, 1.54) is 25.7 Å². The molecule has 5 nitrogen and oxygen atoms in total. The van der Waals surface area contributed by atoms with Crippen LogP contribution in [0.15, 0.2) is 0 Å². The summed E-state index contributed by atoms with van der Waals surface area (Å²) in [5, 5.41) is 12.2. The largest absolute Gasteiger partial charge is 0.356 e. The van der Waals surface area contributed by atoms with Crippen molar-refractivity contribution in [1.82, 2.24) is 10.6 Å². The minimum atomic E-state index is -0.699. The molecule has 0 aliphatic heterocycles. The normalized spacial score (nSPS) is 9.67. The van der Waals surface area contributed by atoms with Crippen LogP contribution in [0.25, 0.3) is 0 Å². The molecule has 0 aromatic carbocycles. The van der Waals surface area contributed by atoms with Gasteiger partial charge in [0.2, 0.25) is 0 Å². The molecule has 0 aromatic rings. The standard InChI is InChI=1S/C10H22N4O/c1-2-3-4-5-6-7-8-13-9(11)14-10(12)15/h2-8H2,1H3,(H5,11,12,13,14,15). The van der Waals surface area contributed by atoms with Crippen LogP contribution in [-0.2, 0) is 0 Å². The Morgan fingerprint density at radius 1 is 1.20 bits per heavy atom. The molecule has 15 heavy (non-hydrogen) atoms. The molecule has 0 bridgehead atoms. The molecule has 2 amide bonds. The molecule has 0 aromatic heterocycles. The van der Waals surface area contributed by atoms with E-state index in [2.05, 4.69) is 17.6 Å². The quantitative estimate of drug-likeness (QED) is 0.294. The van der Waals surface area contributed by atoms with Gasteiger partial charge in [-0.15, -0.1) is 0 Å². The second-order valence-corrected chi connectivity index (χ2v) is 3.56. The Morgan fingerprint density at radius 3 is 2.40 bits per heavy atom. The van der Waals surface area contributed by atoms with E-state index in [4.69, 9.17) is 11.1 Å². The van der Waals surface area contributed by atoms with Gasteiger partial charge in [-0.3, -0.25) is 10.7 Å². The highest BCUT2D eigenvalue weighted by molar-refractivity contribution is 5.93. The van der Waals surface area contributed by atoms with E-state index in [0.717, 1.165) is 12.8 Å². The number of guanidine groups is 1. The molecule has 0 radical (unpaired) electrons. The van der Waals surface area contributed by atoms with Gasteiger partial charge in [-0.1, -0.05) is 39.0 Å². The van der Waals surface area contributed by atoms with Gasteiger partial charge in [0.15, 0.2) is 5.96 Å². The lowest BCUT2D eigenvalue weighted by atomic mass is 10.1. The van der Waals surface area contributed by atoms with Crippen molar-refractivity contribution < 1.29 is 4.79 Å². The van der Waals surface area contributed by atoms with Crippen molar-refractivity contribution in [3.8, 4) is 0 Å². The van der Waals surface area contributed by atoms with Crippen LogP contribution in [0, 0.1) is 5.41 Å². The monoisotopic (exact) mass is 214 g/mol. The Morgan fingerprint density at radius 2 is 1.80 bits per heavy atom. The topological polar surface area (TPSA) is 91.0 Å². The number of urea groups is 1. The molecule has 0 rings (SSSR count). The van der Waals surface area contributed by atoms with Crippen molar-refractivity contribution in [2.24, 2.45) is 5.73 Å². The fourth-order valence-electron chi connectivity index (χ4n) is 1.29. The molecule has 0 heterocycles. The number of carbonyl (C=O) groups is 1. The summed E-state index contributed by atoms with van der Waals surface area (Å²) in [6.45, 7) is 2.91. The third-order valence-electron chi connectivity index (χ3n) is 2.08. The fraction of sp³-hybridized carbons (Fsp3) is 0.800. The van der Waals surface area contributed by atoms with Gasteiger partial charge in [0.05, 0.1) is 0 Å². The van der Waals surface area contributed by atoms with Crippen molar-refractivity contribution in [3.05, 3.63) is 0 Å². The van der Waals surface area contributed by atoms with Crippen molar-refractivity contribution in [2.45, 2.75) is 45.4 Å². The Bertz CT molecular complexity index is 194. The zero-order valence-corrected chi connectivity index (χ0v) is 9.44. The maximum Gasteiger partial charge on any atom is 0.318 e. The van der Waals surface area contributed by atoms with Gasteiger partial charge in [0.25, 0.3) is 0 Å². The molecule has 0 fully saturated rings. The molecule has 0 aliphatic rings. The van der Waals surface area contributed by atoms with Crippen molar-refractivity contribution in [1.29, 1.82) is 5.41 Å². The fourth-order valence-corrected chi connectivity index (χ4v) is 1.29. The number of amides is 2. The second kappa shape index (κ2) is 9.30. The number of rotatable bonds is 7. The highest BCUT2D eigenvalue weighted by Crippen LogP contribution is 2.03. The number of hydrogen-bond donors (Lipinski definition) is 4. The van der Waals surface area contributed by atoms with Crippen LogP contribution in [0.5, 0.6) is 0 Å². The van der Waals surface area contributed by atoms with Crippen LogP contribution in [0.3, 0.4) is 0 Å². The summed E-state index contributed by atoms with van der Waals surface area (Å²) in [5.41, 5.74) is 4.85. The first-order valence-corrected chi connectivity index (χ1v) is 5.55. The Hall–Kier alpha value is -1.26.